The standard InChI is InChI=1S/C20H18F3N7O2/c1-11-8-29(19(31)32)12(2)7-28(11)17-16-14(20(21,22)23)9-30(18(16)27-10-26-17)15-5-13(6-24)3-4-25-15/h3-5,9-12H,7-8H2,1-2H3,(H,31,32)/t11-,12+/m0/s1. The smallest absolute Gasteiger partial charge is 0.418 e. The van der Waals surface area contributed by atoms with Crippen LogP contribution in [0.2, 0.25) is 0 Å². The molecule has 3 aromatic rings. The normalized spacial score (nSPS) is 19.2. The number of halogens is 3. The second kappa shape index (κ2) is 7.67. The topological polar surface area (TPSA) is 111 Å². The van der Waals surface area contributed by atoms with E-state index in [0.717, 1.165) is 6.20 Å². The van der Waals surface area contributed by atoms with E-state index in [2.05, 4.69) is 15.0 Å². The van der Waals surface area contributed by atoms with Crippen molar-refractivity contribution in [1.29, 1.82) is 5.26 Å². The molecule has 1 N–H and O–H groups in total. The molecule has 1 saturated heterocycles. The van der Waals surface area contributed by atoms with Crippen LogP contribution in [0.3, 0.4) is 0 Å². The molecule has 1 fully saturated rings. The summed E-state index contributed by atoms with van der Waals surface area (Å²) < 4.78 is 43.3. The zero-order chi connectivity index (χ0) is 23.2. The van der Waals surface area contributed by atoms with E-state index in [4.69, 9.17) is 5.26 Å². The second-order valence-corrected chi connectivity index (χ2v) is 7.61. The summed E-state index contributed by atoms with van der Waals surface area (Å²) in [4.78, 5) is 26.7. The molecule has 0 aliphatic carbocycles. The highest BCUT2D eigenvalue weighted by Gasteiger charge is 2.40. The van der Waals surface area contributed by atoms with Gasteiger partial charge in [0.25, 0.3) is 0 Å². The van der Waals surface area contributed by atoms with E-state index in [0.29, 0.717) is 0 Å². The molecule has 4 rings (SSSR count). The van der Waals surface area contributed by atoms with Crippen LogP contribution in [-0.2, 0) is 6.18 Å². The first-order chi connectivity index (χ1) is 15.1. The van der Waals surface area contributed by atoms with Crippen LogP contribution in [0.4, 0.5) is 23.8 Å². The number of carbonyl (C=O) groups is 1. The van der Waals surface area contributed by atoms with Crippen molar-refractivity contribution in [3.05, 3.63) is 42.0 Å². The molecule has 12 heteroatoms. The summed E-state index contributed by atoms with van der Waals surface area (Å²) in [5, 5.41) is 18.3. The molecule has 1 aliphatic rings. The summed E-state index contributed by atoms with van der Waals surface area (Å²) in [6.45, 7) is 3.72. The molecule has 0 saturated carbocycles. The Labute approximate surface area is 180 Å². The molecule has 0 unspecified atom stereocenters. The highest BCUT2D eigenvalue weighted by Crippen LogP contribution is 2.41. The maximum atomic E-state index is 14.0. The van der Waals surface area contributed by atoms with Crippen molar-refractivity contribution in [2.75, 3.05) is 18.0 Å². The number of fused-ring (bicyclic) bond motifs is 1. The Hall–Kier alpha value is -3.88. The lowest BCUT2D eigenvalue weighted by Crippen LogP contribution is -2.58. The van der Waals surface area contributed by atoms with Crippen molar-refractivity contribution in [2.24, 2.45) is 0 Å². The molecule has 1 amide bonds. The number of hydrogen-bond acceptors (Lipinski definition) is 6. The van der Waals surface area contributed by atoms with Gasteiger partial charge in [-0.2, -0.15) is 18.4 Å². The third kappa shape index (κ3) is 3.55. The number of alkyl halides is 3. The van der Waals surface area contributed by atoms with Gasteiger partial charge in [-0.05, 0) is 26.0 Å². The van der Waals surface area contributed by atoms with Gasteiger partial charge in [-0.25, -0.2) is 19.7 Å². The van der Waals surface area contributed by atoms with Gasteiger partial charge in [0.15, 0.2) is 5.65 Å². The molecule has 9 nitrogen and oxygen atoms in total. The van der Waals surface area contributed by atoms with Gasteiger partial charge in [-0.3, -0.25) is 4.57 Å². The van der Waals surface area contributed by atoms with Crippen molar-refractivity contribution in [3.63, 3.8) is 0 Å². The predicted molar refractivity (Wildman–Crippen MR) is 107 cm³/mol. The van der Waals surface area contributed by atoms with Crippen molar-refractivity contribution in [3.8, 4) is 11.9 Å². The van der Waals surface area contributed by atoms with Gasteiger partial charge in [0.05, 0.1) is 22.6 Å². The minimum Gasteiger partial charge on any atom is -0.465 e. The molecule has 0 aromatic carbocycles. The van der Waals surface area contributed by atoms with Gasteiger partial charge in [-0.15, -0.1) is 0 Å². The van der Waals surface area contributed by atoms with E-state index in [1.807, 2.05) is 6.07 Å². The van der Waals surface area contributed by atoms with Crippen LogP contribution in [0.5, 0.6) is 0 Å². The molecular formula is C20H18F3N7O2. The highest BCUT2D eigenvalue weighted by atomic mass is 19.4. The predicted octanol–water partition coefficient (Wildman–Crippen LogP) is 3.28. The van der Waals surface area contributed by atoms with Crippen LogP contribution >= 0.6 is 0 Å². The first-order valence-corrected chi connectivity index (χ1v) is 9.67. The van der Waals surface area contributed by atoms with Gasteiger partial charge in [0, 0.05) is 37.6 Å². The molecule has 0 radical (unpaired) electrons. The Morgan fingerprint density at radius 3 is 2.62 bits per heavy atom. The van der Waals surface area contributed by atoms with Crippen molar-refractivity contribution in [1.82, 2.24) is 24.4 Å². The molecule has 3 aromatic heterocycles. The SMILES string of the molecule is C[C@@H]1CN(c2ncnc3c2c(C(F)(F)F)cn3-c2cc(C#N)ccn2)[C@@H](C)CN1C(=O)O. The zero-order valence-corrected chi connectivity index (χ0v) is 17.1. The number of aromatic nitrogens is 4. The summed E-state index contributed by atoms with van der Waals surface area (Å²) >= 11 is 0. The van der Waals surface area contributed by atoms with Crippen LogP contribution < -0.4 is 4.90 Å². The van der Waals surface area contributed by atoms with Gasteiger partial charge in [-0.1, -0.05) is 0 Å². The van der Waals surface area contributed by atoms with Crippen molar-refractivity contribution >= 4 is 22.9 Å². The van der Waals surface area contributed by atoms with Gasteiger partial charge < -0.3 is 14.9 Å². The van der Waals surface area contributed by atoms with Gasteiger partial charge in [0.1, 0.15) is 18.0 Å². The Kier molecular flexibility index (Phi) is 5.12. The molecule has 0 bridgehead atoms. The number of carboxylic acid groups (broad SMARTS) is 1. The third-order valence-corrected chi connectivity index (χ3v) is 5.49. The minimum atomic E-state index is -4.70. The lowest BCUT2D eigenvalue weighted by Gasteiger charge is -2.43. The second-order valence-electron chi connectivity index (χ2n) is 7.61. The fraction of sp³-hybridized carbons (Fsp3) is 0.350. The van der Waals surface area contributed by atoms with Crippen LogP contribution in [0.1, 0.15) is 25.0 Å². The molecular weight excluding hydrogens is 427 g/mol. The fourth-order valence-electron chi connectivity index (χ4n) is 3.96. The fourth-order valence-corrected chi connectivity index (χ4v) is 3.96. The van der Waals surface area contributed by atoms with Crippen LogP contribution in [-0.4, -0.2) is 60.8 Å². The summed E-state index contributed by atoms with van der Waals surface area (Å²) in [5.74, 6) is 0.188. The average Bonchev–Trinajstić information content (AvgIpc) is 3.15. The monoisotopic (exact) mass is 445 g/mol. The Balaban J connectivity index is 1.91. The lowest BCUT2D eigenvalue weighted by atomic mass is 10.1. The molecule has 2 atom stereocenters. The number of hydrogen-bond donors (Lipinski definition) is 1. The molecule has 166 valence electrons. The van der Waals surface area contributed by atoms with Crippen LogP contribution in [0.25, 0.3) is 16.9 Å². The van der Waals surface area contributed by atoms with Crippen molar-refractivity contribution in [2.45, 2.75) is 32.1 Å². The zero-order valence-electron chi connectivity index (χ0n) is 17.1. The number of rotatable bonds is 2. The number of pyridine rings is 1. The summed E-state index contributed by atoms with van der Waals surface area (Å²) in [7, 11) is 0. The maximum Gasteiger partial charge on any atom is 0.418 e. The Bertz CT molecular complexity index is 1230. The summed E-state index contributed by atoms with van der Waals surface area (Å²) in [6, 6.07) is 3.91. The molecule has 32 heavy (non-hydrogen) atoms. The molecule has 0 spiro atoms. The number of piperazine rings is 1. The summed E-state index contributed by atoms with van der Waals surface area (Å²) in [5.41, 5.74) is -0.704. The first-order valence-electron chi connectivity index (χ1n) is 9.67. The maximum absolute atomic E-state index is 14.0. The van der Waals surface area contributed by atoms with E-state index in [1.54, 1.807) is 18.7 Å². The third-order valence-electron chi connectivity index (χ3n) is 5.49. The number of nitrogens with zero attached hydrogens (tertiary/aromatic N) is 7. The number of anilines is 1. The average molecular weight is 445 g/mol. The lowest BCUT2D eigenvalue weighted by molar-refractivity contribution is -0.136. The molecule has 4 heterocycles. The minimum absolute atomic E-state index is 0.00886. The Morgan fingerprint density at radius 1 is 1.22 bits per heavy atom. The van der Waals surface area contributed by atoms with Crippen LogP contribution in [0, 0.1) is 11.3 Å². The highest BCUT2D eigenvalue weighted by molar-refractivity contribution is 5.93. The quantitative estimate of drug-likeness (QED) is 0.644. The van der Waals surface area contributed by atoms with E-state index in [-0.39, 0.29) is 41.3 Å². The molecule has 1 aliphatic heterocycles. The van der Waals surface area contributed by atoms with Gasteiger partial charge in [0.2, 0.25) is 0 Å². The van der Waals surface area contributed by atoms with E-state index in [9.17, 15) is 23.1 Å². The van der Waals surface area contributed by atoms with E-state index < -0.39 is 29.9 Å². The van der Waals surface area contributed by atoms with Crippen LogP contribution in [0.15, 0.2) is 30.9 Å². The summed E-state index contributed by atoms with van der Waals surface area (Å²) in [6.07, 6.45) is -2.38. The number of amides is 1. The van der Waals surface area contributed by atoms with E-state index >= 15 is 0 Å². The van der Waals surface area contributed by atoms with Gasteiger partial charge >= 0.3 is 12.3 Å². The number of nitriles is 1. The van der Waals surface area contributed by atoms with Crippen molar-refractivity contribution < 1.29 is 23.1 Å². The Morgan fingerprint density at radius 2 is 1.97 bits per heavy atom. The first kappa shape index (κ1) is 21.4. The largest absolute Gasteiger partial charge is 0.465 e. The van der Waals surface area contributed by atoms with E-state index in [1.165, 1.54) is 34.1 Å².